The Morgan fingerprint density at radius 2 is 2.14 bits per heavy atom. The normalized spacial score (nSPS) is 19.4. The number of hydrogen-bond acceptors (Lipinski definition) is 4. The molecule has 0 saturated carbocycles. The molecule has 0 bridgehead atoms. The van der Waals surface area contributed by atoms with Gasteiger partial charge in [-0.25, -0.2) is 4.79 Å². The van der Waals surface area contributed by atoms with Crippen molar-refractivity contribution in [3.63, 3.8) is 0 Å². The van der Waals surface area contributed by atoms with Gasteiger partial charge in [-0.05, 0) is 18.9 Å². The molecule has 1 atom stereocenters. The number of nitrogens with zero attached hydrogens (tertiary/aromatic N) is 4. The first-order chi connectivity index (χ1) is 10.3. The highest BCUT2D eigenvalue weighted by molar-refractivity contribution is 6.00. The van der Waals surface area contributed by atoms with E-state index >= 15 is 0 Å². The van der Waals surface area contributed by atoms with Crippen LogP contribution in [0.1, 0.15) is 18.9 Å². The van der Waals surface area contributed by atoms with Crippen LogP contribution in [0.3, 0.4) is 0 Å². The molecule has 3 aromatic rings. The summed E-state index contributed by atoms with van der Waals surface area (Å²) < 4.78 is 8.97. The van der Waals surface area contributed by atoms with Gasteiger partial charge in [0.05, 0.1) is 18.2 Å². The summed E-state index contributed by atoms with van der Waals surface area (Å²) in [6.45, 7) is 1.35. The molecule has 1 aliphatic rings. The van der Waals surface area contributed by atoms with Crippen molar-refractivity contribution in [2.75, 3.05) is 13.2 Å². The Morgan fingerprint density at radius 3 is 2.95 bits per heavy atom. The van der Waals surface area contributed by atoms with Gasteiger partial charge in [-0.3, -0.25) is 9.13 Å². The lowest BCUT2D eigenvalue weighted by atomic mass is 10.1. The average molecular weight is 284 g/mol. The van der Waals surface area contributed by atoms with Gasteiger partial charge in [-0.15, -0.1) is 10.2 Å². The summed E-state index contributed by atoms with van der Waals surface area (Å²) >= 11 is 0. The van der Waals surface area contributed by atoms with Gasteiger partial charge < -0.3 is 4.74 Å². The quantitative estimate of drug-likeness (QED) is 0.681. The fourth-order valence-electron chi connectivity index (χ4n) is 3.11. The van der Waals surface area contributed by atoms with Crippen LogP contribution in [-0.2, 0) is 11.8 Å². The van der Waals surface area contributed by atoms with Crippen LogP contribution in [0.15, 0.2) is 29.1 Å². The second kappa shape index (κ2) is 4.66. The van der Waals surface area contributed by atoms with Gasteiger partial charge in [0.25, 0.3) is 0 Å². The molecule has 1 unspecified atom stereocenters. The van der Waals surface area contributed by atoms with E-state index in [0.29, 0.717) is 12.3 Å². The van der Waals surface area contributed by atoms with Crippen molar-refractivity contribution in [1.29, 1.82) is 0 Å². The topological polar surface area (TPSA) is 61.9 Å². The Morgan fingerprint density at radius 1 is 1.29 bits per heavy atom. The highest BCUT2D eigenvalue weighted by Gasteiger charge is 2.24. The van der Waals surface area contributed by atoms with E-state index in [1.54, 1.807) is 11.6 Å². The summed E-state index contributed by atoms with van der Waals surface area (Å²) in [5, 5.41) is 9.42. The third-order valence-corrected chi connectivity index (χ3v) is 4.18. The number of imidazole rings is 1. The summed E-state index contributed by atoms with van der Waals surface area (Å²) in [4.78, 5) is 12.6. The van der Waals surface area contributed by atoms with Crippen molar-refractivity contribution in [3.05, 3.63) is 34.7 Å². The molecule has 0 radical (unpaired) electrons. The van der Waals surface area contributed by atoms with Crippen LogP contribution in [0.4, 0.5) is 0 Å². The number of ether oxygens (including phenoxy) is 1. The van der Waals surface area contributed by atoms with Crippen LogP contribution in [0.25, 0.3) is 22.1 Å². The third-order valence-electron chi connectivity index (χ3n) is 4.18. The highest BCUT2D eigenvalue weighted by atomic mass is 16.5. The van der Waals surface area contributed by atoms with E-state index in [-0.39, 0.29) is 11.7 Å². The molecule has 4 rings (SSSR count). The molecule has 6 heteroatoms. The fraction of sp³-hybridized carbons (Fsp3) is 0.400. The first-order valence-electron chi connectivity index (χ1n) is 7.17. The number of fused-ring (bicyclic) bond motifs is 3. The van der Waals surface area contributed by atoms with Crippen molar-refractivity contribution in [2.24, 2.45) is 7.05 Å². The zero-order valence-electron chi connectivity index (χ0n) is 11.8. The minimum Gasteiger partial charge on any atom is -0.379 e. The number of rotatable bonds is 1. The van der Waals surface area contributed by atoms with Gasteiger partial charge in [0.15, 0.2) is 5.65 Å². The lowest BCUT2D eigenvalue weighted by Gasteiger charge is -2.23. The zero-order chi connectivity index (χ0) is 14.4. The van der Waals surface area contributed by atoms with E-state index in [4.69, 9.17) is 4.74 Å². The van der Waals surface area contributed by atoms with E-state index in [0.717, 1.165) is 35.9 Å². The van der Waals surface area contributed by atoms with Crippen molar-refractivity contribution in [1.82, 2.24) is 19.3 Å². The predicted octanol–water partition coefficient (Wildman–Crippen LogP) is 1.63. The van der Waals surface area contributed by atoms with Crippen molar-refractivity contribution >= 4 is 22.1 Å². The van der Waals surface area contributed by atoms with Crippen LogP contribution in [0.5, 0.6) is 0 Å². The molecular formula is C15H16N4O2. The predicted molar refractivity (Wildman–Crippen MR) is 79.4 cm³/mol. The SMILES string of the molecule is Cn1c(=O)n(C2CCCOC2)c2c3ccccc3nnc21. The second-order valence-corrected chi connectivity index (χ2v) is 5.47. The van der Waals surface area contributed by atoms with Gasteiger partial charge >= 0.3 is 5.69 Å². The Hall–Kier alpha value is -2.21. The van der Waals surface area contributed by atoms with Crippen molar-refractivity contribution < 1.29 is 4.74 Å². The molecule has 108 valence electrons. The molecule has 1 fully saturated rings. The monoisotopic (exact) mass is 284 g/mol. The lowest BCUT2D eigenvalue weighted by molar-refractivity contribution is 0.0593. The first-order valence-corrected chi connectivity index (χ1v) is 7.17. The zero-order valence-corrected chi connectivity index (χ0v) is 11.8. The summed E-state index contributed by atoms with van der Waals surface area (Å²) in [5.41, 5.74) is 2.25. The minimum atomic E-state index is -0.0499. The van der Waals surface area contributed by atoms with E-state index < -0.39 is 0 Å². The van der Waals surface area contributed by atoms with E-state index in [9.17, 15) is 4.79 Å². The molecule has 6 nitrogen and oxygen atoms in total. The van der Waals surface area contributed by atoms with Gasteiger partial charge in [0, 0.05) is 19.0 Å². The van der Waals surface area contributed by atoms with Gasteiger partial charge in [-0.2, -0.15) is 0 Å². The summed E-state index contributed by atoms with van der Waals surface area (Å²) in [6, 6.07) is 7.87. The number of hydrogen-bond donors (Lipinski definition) is 0. The number of benzene rings is 1. The Kier molecular flexibility index (Phi) is 2.78. The summed E-state index contributed by atoms with van der Waals surface area (Å²) in [6.07, 6.45) is 1.93. The van der Waals surface area contributed by atoms with Crippen LogP contribution < -0.4 is 5.69 Å². The molecular weight excluding hydrogens is 268 g/mol. The first kappa shape index (κ1) is 12.5. The minimum absolute atomic E-state index is 0.0499. The van der Waals surface area contributed by atoms with Gasteiger partial charge in [-0.1, -0.05) is 18.2 Å². The lowest BCUT2D eigenvalue weighted by Crippen LogP contribution is -2.31. The molecule has 1 saturated heterocycles. The summed E-state index contributed by atoms with van der Waals surface area (Å²) in [7, 11) is 1.74. The second-order valence-electron chi connectivity index (χ2n) is 5.47. The standard InChI is InChI=1S/C15H16N4O2/c1-18-14-13(11-6-2-3-7-12(11)16-17-14)19(15(18)20)10-5-4-8-21-9-10/h2-3,6-7,10H,4-5,8-9H2,1H3. The fourth-order valence-corrected chi connectivity index (χ4v) is 3.11. The molecule has 0 amide bonds. The van der Waals surface area contributed by atoms with Crippen LogP contribution in [-0.4, -0.2) is 32.5 Å². The largest absolute Gasteiger partial charge is 0.379 e. The maximum atomic E-state index is 12.6. The Balaban J connectivity index is 2.10. The molecule has 0 aliphatic carbocycles. The van der Waals surface area contributed by atoms with Gasteiger partial charge in [0.1, 0.15) is 5.52 Å². The van der Waals surface area contributed by atoms with Crippen LogP contribution in [0.2, 0.25) is 0 Å². The van der Waals surface area contributed by atoms with Crippen LogP contribution >= 0.6 is 0 Å². The van der Waals surface area contributed by atoms with Crippen molar-refractivity contribution in [2.45, 2.75) is 18.9 Å². The average Bonchev–Trinajstić information content (AvgIpc) is 2.80. The molecule has 3 heterocycles. The highest BCUT2D eigenvalue weighted by Crippen LogP contribution is 2.26. The number of aromatic nitrogens is 4. The third kappa shape index (κ3) is 1.79. The Bertz CT molecular complexity index is 874. The van der Waals surface area contributed by atoms with E-state index in [2.05, 4.69) is 10.2 Å². The van der Waals surface area contributed by atoms with E-state index in [1.165, 1.54) is 0 Å². The maximum absolute atomic E-state index is 12.6. The smallest absolute Gasteiger partial charge is 0.330 e. The van der Waals surface area contributed by atoms with Gasteiger partial charge in [0.2, 0.25) is 0 Å². The Labute approximate surface area is 121 Å². The van der Waals surface area contributed by atoms with Crippen molar-refractivity contribution in [3.8, 4) is 0 Å². The molecule has 1 aromatic carbocycles. The molecule has 0 spiro atoms. The molecule has 1 aliphatic heterocycles. The molecule has 0 N–H and O–H groups in total. The maximum Gasteiger partial charge on any atom is 0.330 e. The summed E-state index contributed by atoms with van der Waals surface area (Å²) in [5.74, 6) is 0. The van der Waals surface area contributed by atoms with E-state index in [1.807, 2.05) is 28.8 Å². The number of aryl methyl sites for hydroxylation is 1. The molecule has 2 aromatic heterocycles. The van der Waals surface area contributed by atoms with Crippen LogP contribution in [0, 0.1) is 0 Å². The molecule has 21 heavy (non-hydrogen) atoms.